The van der Waals surface area contributed by atoms with Crippen LogP contribution in [0, 0.1) is 17.2 Å². The minimum absolute atomic E-state index is 0.0777. The largest absolute Gasteiger partial charge is 0.329 e. The lowest BCUT2D eigenvalue weighted by molar-refractivity contribution is -0.133. The molecule has 2 atom stereocenters. The predicted molar refractivity (Wildman–Crippen MR) is 81.1 cm³/mol. The molecule has 1 aromatic rings. The molecular weight excluding hydrogens is 248 g/mol. The van der Waals surface area contributed by atoms with E-state index in [1.807, 2.05) is 37.3 Å². The normalized spacial score (nSPS) is 13.3. The van der Waals surface area contributed by atoms with Crippen molar-refractivity contribution in [3.63, 3.8) is 0 Å². The predicted octanol–water partition coefficient (Wildman–Crippen LogP) is 3.58. The van der Waals surface area contributed by atoms with Crippen molar-refractivity contribution in [1.29, 1.82) is 5.26 Å². The molecule has 2 unspecified atom stereocenters. The summed E-state index contributed by atoms with van der Waals surface area (Å²) in [6.07, 6.45) is 1.81. The average Bonchev–Trinajstić information content (AvgIpc) is 2.48. The van der Waals surface area contributed by atoms with Crippen LogP contribution >= 0.6 is 0 Å². The fraction of sp³-hybridized carbons (Fsp3) is 0.529. The van der Waals surface area contributed by atoms with Gasteiger partial charge in [0.2, 0.25) is 5.91 Å². The molecule has 0 aromatic heterocycles. The van der Waals surface area contributed by atoms with Crippen molar-refractivity contribution < 1.29 is 4.79 Å². The number of hydrogen-bond donors (Lipinski definition) is 0. The molecule has 1 rings (SSSR count). The van der Waals surface area contributed by atoms with Crippen LogP contribution in [-0.2, 0) is 4.79 Å². The van der Waals surface area contributed by atoms with Gasteiger partial charge in [-0.1, -0.05) is 57.5 Å². The molecule has 1 aromatic carbocycles. The molecule has 3 nitrogen and oxygen atoms in total. The molecule has 3 heteroatoms. The van der Waals surface area contributed by atoms with Crippen LogP contribution in [0.15, 0.2) is 30.3 Å². The zero-order valence-electron chi connectivity index (χ0n) is 12.7. The van der Waals surface area contributed by atoms with E-state index in [1.165, 1.54) is 0 Å². The lowest BCUT2D eigenvalue weighted by Gasteiger charge is -2.29. The van der Waals surface area contributed by atoms with Crippen molar-refractivity contribution in [2.24, 2.45) is 5.92 Å². The monoisotopic (exact) mass is 272 g/mol. The second-order valence-corrected chi connectivity index (χ2v) is 5.19. The van der Waals surface area contributed by atoms with E-state index in [0.29, 0.717) is 6.54 Å². The van der Waals surface area contributed by atoms with Gasteiger partial charge in [0.1, 0.15) is 6.54 Å². The van der Waals surface area contributed by atoms with Crippen molar-refractivity contribution in [2.75, 3.05) is 13.1 Å². The van der Waals surface area contributed by atoms with Gasteiger partial charge in [-0.2, -0.15) is 5.26 Å². The average molecular weight is 272 g/mol. The molecule has 20 heavy (non-hydrogen) atoms. The Morgan fingerprint density at radius 3 is 2.45 bits per heavy atom. The number of nitriles is 1. The maximum Gasteiger partial charge on any atom is 0.231 e. The fourth-order valence-corrected chi connectivity index (χ4v) is 2.43. The molecule has 0 aliphatic heterocycles. The number of hydrogen-bond acceptors (Lipinski definition) is 2. The van der Waals surface area contributed by atoms with Crippen LogP contribution in [0.4, 0.5) is 0 Å². The lowest BCUT2D eigenvalue weighted by Crippen LogP contribution is -2.38. The van der Waals surface area contributed by atoms with E-state index in [4.69, 9.17) is 5.26 Å². The highest BCUT2D eigenvalue weighted by atomic mass is 16.2. The Bertz CT molecular complexity index is 450. The van der Waals surface area contributed by atoms with Crippen LogP contribution < -0.4 is 0 Å². The van der Waals surface area contributed by atoms with Gasteiger partial charge in [-0.15, -0.1) is 0 Å². The number of carbonyl (C=O) groups is 1. The summed E-state index contributed by atoms with van der Waals surface area (Å²) in [7, 11) is 0. The van der Waals surface area contributed by atoms with Crippen molar-refractivity contribution in [1.82, 2.24) is 4.90 Å². The molecule has 0 heterocycles. The zero-order valence-corrected chi connectivity index (χ0v) is 12.7. The van der Waals surface area contributed by atoms with E-state index in [2.05, 4.69) is 19.9 Å². The summed E-state index contributed by atoms with van der Waals surface area (Å²) in [5, 5.41) is 8.92. The molecule has 0 spiro atoms. The number of carbonyl (C=O) groups excluding carboxylic acids is 1. The maximum absolute atomic E-state index is 12.8. The van der Waals surface area contributed by atoms with Crippen LogP contribution in [0.2, 0.25) is 0 Å². The SMILES string of the molecule is CCCN(CC#N)C(=O)C(c1ccccc1)C(C)CC. The smallest absolute Gasteiger partial charge is 0.231 e. The maximum atomic E-state index is 12.8. The second-order valence-electron chi connectivity index (χ2n) is 5.19. The molecule has 0 N–H and O–H groups in total. The number of nitrogens with zero attached hydrogens (tertiary/aromatic N) is 2. The van der Waals surface area contributed by atoms with Gasteiger partial charge in [0.25, 0.3) is 0 Å². The van der Waals surface area contributed by atoms with Gasteiger partial charge in [0, 0.05) is 6.54 Å². The van der Waals surface area contributed by atoms with Gasteiger partial charge in [-0.3, -0.25) is 4.79 Å². The van der Waals surface area contributed by atoms with Gasteiger partial charge in [0.15, 0.2) is 0 Å². The highest BCUT2D eigenvalue weighted by Crippen LogP contribution is 2.29. The summed E-state index contributed by atoms with van der Waals surface area (Å²) < 4.78 is 0. The Morgan fingerprint density at radius 1 is 1.30 bits per heavy atom. The summed E-state index contributed by atoms with van der Waals surface area (Å²) in [5.41, 5.74) is 1.05. The van der Waals surface area contributed by atoms with Gasteiger partial charge in [-0.25, -0.2) is 0 Å². The highest BCUT2D eigenvalue weighted by molar-refractivity contribution is 5.84. The van der Waals surface area contributed by atoms with Crippen molar-refractivity contribution in [3.05, 3.63) is 35.9 Å². The van der Waals surface area contributed by atoms with Gasteiger partial charge < -0.3 is 4.90 Å². The first-order valence-electron chi connectivity index (χ1n) is 7.36. The molecule has 1 amide bonds. The van der Waals surface area contributed by atoms with Crippen LogP contribution in [0.1, 0.15) is 45.1 Å². The topological polar surface area (TPSA) is 44.1 Å². The zero-order chi connectivity index (χ0) is 15.0. The first-order valence-corrected chi connectivity index (χ1v) is 7.36. The number of amides is 1. The summed E-state index contributed by atoms with van der Waals surface area (Å²) in [4.78, 5) is 14.5. The second kappa shape index (κ2) is 8.37. The highest BCUT2D eigenvalue weighted by Gasteiger charge is 2.29. The summed E-state index contributed by atoms with van der Waals surface area (Å²) >= 11 is 0. The van der Waals surface area contributed by atoms with E-state index in [-0.39, 0.29) is 24.3 Å². The first kappa shape index (κ1) is 16.2. The molecule has 0 fully saturated rings. The van der Waals surface area contributed by atoms with Gasteiger partial charge in [-0.05, 0) is 17.9 Å². The van der Waals surface area contributed by atoms with Crippen LogP contribution in [0.3, 0.4) is 0 Å². The third kappa shape index (κ3) is 4.09. The quantitative estimate of drug-likeness (QED) is 0.712. The lowest BCUT2D eigenvalue weighted by atomic mass is 9.84. The van der Waals surface area contributed by atoms with Gasteiger partial charge >= 0.3 is 0 Å². The molecule has 0 radical (unpaired) electrons. The van der Waals surface area contributed by atoms with E-state index in [1.54, 1.807) is 4.90 Å². The minimum atomic E-state index is -0.152. The molecule has 108 valence electrons. The molecule has 0 saturated heterocycles. The van der Waals surface area contributed by atoms with E-state index in [0.717, 1.165) is 18.4 Å². The van der Waals surface area contributed by atoms with E-state index in [9.17, 15) is 4.79 Å². The van der Waals surface area contributed by atoms with Crippen LogP contribution in [0.25, 0.3) is 0 Å². The number of benzene rings is 1. The van der Waals surface area contributed by atoms with Crippen molar-refractivity contribution >= 4 is 5.91 Å². The van der Waals surface area contributed by atoms with Crippen molar-refractivity contribution in [3.8, 4) is 6.07 Å². The Morgan fingerprint density at radius 2 is 1.95 bits per heavy atom. The first-order chi connectivity index (χ1) is 9.65. The van der Waals surface area contributed by atoms with Crippen molar-refractivity contribution in [2.45, 2.75) is 39.5 Å². The third-order valence-corrected chi connectivity index (χ3v) is 3.70. The summed E-state index contributed by atoms with van der Waals surface area (Å²) in [5.74, 6) is 0.193. The summed E-state index contributed by atoms with van der Waals surface area (Å²) in [6.45, 7) is 7.05. The summed E-state index contributed by atoms with van der Waals surface area (Å²) in [6, 6.07) is 12.0. The standard InChI is InChI=1S/C17H24N2O/c1-4-12-19(13-11-18)17(20)16(14(3)5-2)15-9-7-6-8-10-15/h6-10,14,16H,4-5,12-13H2,1-3H3. The Hall–Kier alpha value is -1.82. The Kier molecular flexibility index (Phi) is 6.79. The van der Waals surface area contributed by atoms with E-state index < -0.39 is 0 Å². The van der Waals surface area contributed by atoms with E-state index >= 15 is 0 Å². The molecule has 0 aliphatic rings. The van der Waals surface area contributed by atoms with Crippen LogP contribution in [-0.4, -0.2) is 23.9 Å². The number of rotatable bonds is 7. The minimum Gasteiger partial charge on any atom is -0.329 e. The molecule has 0 bridgehead atoms. The van der Waals surface area contributed by atoms with Gasteiger partial charge in [0.05, 0.1) is 12.0 Å². The van der Waals surface area contributed by atoms with Crippen LogP contribution in [0.5, 0.6) is 0 Å². The molecular formula is C17H24N2O. The molecule has 0 aliphatic carbocycles. The Labute approximate surface area is 122 Å². The fourth-order valence-electron chi connectivity index (χ4n) is 2.43. The third-order valence-electron chi connectivity index (χ3n) is 3.70. The molecule has 0 saturated carbocycles. The Balaban J connectivity index is 3.04.